The lowest BCUT2D eigenvalue weighted by Crippen LogP contribution is -2.38. The molecular formula is C22H30N4O3S. The molecular weight excluding hydrogens is 400 g/mol. The molecule has 2 fully saturated rings. The molecule has 0 aliphatic carbocycles. The highest BCUT2D eigenvalue weighted by molar-refractivity contribution is 7.14. The summed E-state index contributed by atoms with van der Waals surface area (Å²) in [5.74, 6) is 0.674. The summed E-state index contributed by atoms with van der Waals surface area (Å²) in [6, 6.07) is 5.55. The number of carbonyl (C=O) groups excluding carboxylic acids is 1. The molecule has 0 unspecified atom stereocenters. The smallest absolute Gasteiger partial charge is 0.251 e. The maximum absolute atomic E-state index is 12.7. The van der Waals surface area contributed by atoms with E-state index in [0.29, 0.717) is 12.1 Å². The van der Waals surface area contributed by atoms with Crippen molar-refractivity contribution in [1.82, 2.24) is 15.2 Å². The highest BCUT2D eigenvalue weighted by atomic mass is 32.1. The predicted molar refractivity (Wildman–Crippen MR) is 120 cm³/mol. The van der Waals surface area contributed by atoms with Crippen molar-refractivity contribution in [2.45, 2.75) is 19.3 Å². The Morgan fingerprint density at radius 1 is 1.23 bits per heavy atom. The molecule has 1 aromatic heterocycles. The summed E-state index contributed by atoms with van der Waals surface area (Å²) in [4.78, 5) is 22.2. The second-order valence-electron chi connectivity index (χ2n) is 7.69. The Kier molecular flexibility index (Phi) is 7.20. The van der Waals surface area contributed by atoms with E-state index in [-0.39, 0.29) is 5.91 Å². The van der Waals surface area contributed by atoms with Crippen LogP contribution in [0.5, 0.6) is 5.75 Å². The third-order valence-corrected chi connectivity index (χ3v) is 6.55. The van der Waals surface area contributed by atoms with Gasteiger partial charge in [-0.25, -0.2) is 4.98 Å². The van der Waals surface area contributed by atoms with E-state index in [9.17, 15) is 4.79 Å². The van der Waals surface area contributed by atoms with Gasteiger partial charge < -0.3 is 19.7 Å². The maximum Gasteiger partial charge on any atom is 0.251 e. The minimum atomic E-state index is -0.0594. The Morgan fingerprint density at radius 2 is 2.03 bits per heavy atom. The molecule has 30 heavy (non-hydrogen) atoms. The molecule has 1 amide bonds. The molecule has 2 saturated heterocycles. The number of benzene rings is 1. The first-order valence-electron chi connectivity index (χ1n) is 10.7. The average molecular weight is 431 g/mol. The normalized spacial score (nSPS) is 17.3. The van der Waals surface area contributed by atoms with E-state index < -0.39 is 0 Å². The molecule has 7 nitrogen and oxygen atoms in total. The quantitative estimate of drug-likeness (QED) is 0.650. The number of anilines is 1. The number of hydrogen-bond donors (Lipinski definition) is 1. The molecule has 1 aromatic carbocycles. The summed E-state index contributed by atoms with van der Waals surface area (Å²) in [5, 5.41) is 6.14. The maximum atomic E-state index is 12.7. The number of nitrogens with one attached hydrogen (secondary N) is 1. The summed E-state index contributed by atoms with van der Waals surface area (Å²) >= 11 is 1.65. The summed E-state index contributed by atoms with van der Waals surface area (Å²) in [6.45, 7) is 7.33. The van der Waals surface area contributed by atoms with Gasteiger partial charge in [-0.1, -0.05) is 0 Å². The van der Waals surface area contributed by atoms with Gasteiger partial charge in [0, 0.05) is 49.2 Å². The highest BCUT2D eigenvalue weighted by Gasteiger charge is 2.19. The monoisotopic (exact) mass is 430 g/mol. The molecule has 0 saturated carbocycles. The lowest BCUT2D eigenvalue weighted by molar-refractivity contribution is 0.0374. The standard InChI is InChI=1S/C22H30N4O3S/c1-28-20-6-5-17(21(27)23-7-4-8-25-11-13-29-14-12-25)15-18(20)19-16-30-22(24-19)26-9-2-3-10-26/h5-6,15-16H,2-4,7-14H2,1H3,(H,23,27). The van der Waals surface area contributed by atoms with Crippen molar-refractivity contribution >= 4 is 22.4 Å². The molecule has 2 aliphatic heterocycles. The van der Waals surface area contributed by atoms with E-state index in [1.807, 2.05) is 18.2 Å². The third-order valence-electron chi connectivity index (χ3n) is 5.65. The number of thiazole rings is 1. The highest BCUT2D eigenvalue weighted by Crippen LogP contribution is 2.35. The molecule has 1 N–H and O–H groups in total. The van der Waals surface area contributed by atoms with E-state index in [2.05, 4.69) is 20.5 Å². The van der Waals surface area contributed by atoms with Crippen LogP contribution in [0.4, 0.5) is 5.13 Å². The van der Waals surface area contributed by atoms with E-state index in [1.165, 1.54) is 12.8 Å². The zero-order valence-electron chi connectivity index (χ0n) is 17.6. The van der Waals surface area contributed by atoms with Crippen molar-refractivity contribution in [2.75, 3.05) is 64.5 Å². The molecule has 3 heterocycles. The third kappa shape index (κ3) is 5.11. The predicted octanol–water partition coefficient (Wildman–Crippen LogP) is 2.87. The molecule has 2 aromatic rings. The van der Waals surface area contributed by atoms with Gasteiger partial charge in [0.1, 0.15) is 5.75 Å². The van der Waals surface area contributed by atoms with Crippen molar-refractivity contribution in [3.8, 4) is 17.0 Å². The van der Waals surface area contributed by atoms with Gasteiger partial charge in [0.25, 0.3) is 5.91 Å². The molecule has 0 bridgehead atoms. The van der Waals surface area contributed by atoms with Crippen molar-refractivity contribution < 1.29 is 14.3 Å². The van der Waals surface area contributed by atoms with Crippen LogP contribution in [0.15, 0.2) is 23.6 Å². The molecule has 2 aliphatic rings. The van der Waals surface area contributed by atoms with Gasteiger partial charge in [0.05, 0.1) is 26.0 Å². The summed E-state index contributed by atoms with van der Waals surface area (Å²) in [5.41, 5.74) is 2.36. The average Bonchev–Trinajstić information content (AvgIpc) is 3.49. The van der Waals surface area contributed by atoms with E-state index in [4.69, 9.17) is 14.5 Å². The number of rotatable bonds is 8. The van der Waals surface area contributed by atoms with Crippen molar-refractivity contribution in [2.24, 2.45) is 0 Å². The minimum absolute atomic E-state index is 0.0594. The van der Waals surface area contributed by atoms with Gasteiger partial charge in [-0.3, -0.25) is 9.69 Å². The van der Waals surface area contributed by atoms with Crippen molar-refractivity contribution in [3.63, 3.8) is 0 Å². The zero-order chi connectivity index (χ0) is 20.8. The summed E-state index contributed by atoms with van der Waals surface area (Å²) < 4.78 is 10.9. The van der Waals surface area contributed by atoms with Gasteiger partial charge >= 0.3 is 0 Å². The SMILES string of the molecule is COc1ccc(C(=O)NCCCN2CCOCC2)cc1-c1csc(N2CCCC2)n1. The first-order chi connectivity index (χ1) is 14.7. The second kappa shape index (κ2) is 10.2. The minimum Gasteiger partial charge on any atom is -0.496 e. The van der Waals surface area contributed by atoms with Crippen molar-refractivity contribution in [1.29, 1.82) is 0 Å². The van der Waals surface area contributed by atoms with Crippen LogP contribution >= 0.6 is 11.3 Å². The first kappa shape index (κ1) is 21.1. The molecule has 4 rings (SSSR count). The second-order valence-corrected chi connectivity index (χ2v) is 8.52. The van der Waals surface area contributed by atoms with Gasteiger partial charge in [-0.15, -0.1) is 11.3 Å². The van der Waals surface area contributed by atoms with E-state index >= 15 is 0 Å². The Bertz CT molecular complexity index is 845. The number of carbonyl (C=O) groups is 1. The lowest BCUT2D eigenvalue weighted by Gasteiger charge is -2.26. The van der Waals surface area contributed by atoms with Crippen LogP contribution in [-0.2, 0) is 4.74 Å². The Balaban J connectivity index is 1.38. The van der Waals surface area contributed by atoms with Crippen LogP contribution in [0.25, 0.3) is 11.3 Å². The van der Waals surface area contributed by atoms with Crippen LogP contribution < -0.4 is 15.0 Å². The Hall–Kier alpha value is -2.16. The lowest BCUT2D eigenvalue weighted by atomic mass is 10.1. The van der Waals surface area contributed by atoms with Crippen molar-refractivity contribution in [3.05, 3.63) is 29.1 Å². The largest absolute Gasteiger partial charge is 0.496 e. The molecule has 0 radical (unpaired) electrons. The van der Waals surface area contributed by atoms with Crippen LogP contribution in [0, 0.1) is 0 Å². The van der Waals surface area contributed by atoms with Crippen LogP contribution in [0.3, 0.4) is 0 Å². The topological polar surface area (TPSA) is 66.9 Å². The van der Waals surface area contributed by atoms with Gasteiger partial charge in [-0.05, 0) is 44.0 Å². The summed E-state index contributed by atoms with van der Waals surface area (Å²) in [7, 11) is 1.65. The molecule has 0 atom stereocenters. The number of hydrogen-bond acceptors (Lipinski definition) is 7. The van der Waals surface area contributed by atoms with E-state index in [1.54, 1.807) is 18.4 Å². The number of methoxy groups -OCH3 is 1. The number of ether oxygens (including phenoxy) is 2. The number of nitrogens with zero attached hydrogens (tertiary/aromatic N) is 3. The van der Waals surface area contributed by atoms with E-state index in [0.717, 1.165) is 74.5 Å². The van der Waals surface area contributed by atoms with Crippen LogP contribution in [0.2, 0.25) is 0 Å². The fourth-order valence-corrected chi connectivity index (χ4v) is 4.80. The molecule has 162 valence electrons. The van der Waals surface area contributed by atoms with Gasteiger partial charge in [0.15, 0.2) is 5.13 Å². The Morgan fingerprint density at radius 3 is 2.80 bits per heavy atom. The van der Waals surface area contributed by atoms with Gasteiger partial charge in [0.2, 0.25) is 0 Å². The van der Waals surface area contributed by atoms with Crippen LogP contribution in [0.1, 0.15) is 29.6 Å². The fourth-order valence-electron chi connectivity index (χ4n) is 3.92. The molecule has 0 spiro atoms. The van der Waals surface area contributed by atoms with Crippen LogP contribution in [-0.4, -0.2) is 75.4 Å². The molecule has 8 heteroatoms. The number of amides is 1. The summed E-state index contributed by atoms with van der Waals surface area (Å²) in [6.07, 6.45) is 3.37. The first-order valence-corrected chi connectivity index (χ1v) is 11.6. The van der Waals surface area contributed by atoms with Gasteiger partial charge in [-0.2, -0.15) is 0 Å². The number of morpholine rings is 1. The fraction of sp³-hybridized carbons (Fsp3) is 0.545. The number of aromatic nitrogens is 1. The Labute approximate surface area is 182 Å². The zero-order valence-corrected chi connectivity index (χ0v) is 18.4.